The Bertz CT molecular complexity index is 935. The molecule has 0 saturated carbocycles. The number of nitrogens with one attached hydrogen (secondary N) is 1. The molecule has 28 heavy (non-hydrogen) atoms. The minimum atomic E-state index is -3.14. The Morgan fingerprint density at radius 1 is 1.04 bits per heavy atom. The average Bonchev–Trinajstić information content (AvgIpc) is 2.66. The van der Waals surface area contributed by atoms with Crippen molar-refractivity contribution in [2.24, 2.45) is 0 Å². The number of sulfone groups is 1. The van der Waals surface area contributed by atoms with E-state index in [9.17, 15) is 13.2 Å². The van der Waals surface area contributed by atoms with Gasteiger partial charge in [-0.15, -0.1) is 0 Å². The van der Waals surface area contributed by atoms with Crippen LogP contribution in [0.3, 0.4) is 0 Å². The van der Waals surface area contributed by atoms with Crippen molar-refractivity contribution in [3.05, 3.63) is 65.2 Å². The number of anilines is 1. The van der Waals surface area contributed by atoms with Crippen molar-refractivity contribution in [1.82, 2.24) is 10.2 Å². The van der Waals surface area contributed by atoms with Crippen LogP contribution in [-0.2, 0) is 22.1 Å². The molecule has 1 saturated heterocycles. The summed E-state index contributed by atoms with van der Waals surface area (Å²) in [6.07, 6.45) is 1.19. The van der Waals surface area contributed by atoms with Crippen LogP contribution in [0.5, 0.6) is 0 Å². The van der Waals surface area contributed by atoms with E-state index in [1.807, 2.05) is 18.2 Å². The lowest BCUT2D eigenvalue weighted by atomic mass is 10.1. The number of nitrogens with zero attached hydrogens (tertiary/aromatic N) is 2. The van der Waals surface area contributed by atoms with E-state index >= 15 is 0 Å². The molecular weight excluding hydrogens is 374 g/mol. The lowest BCUT2D eigenvalue weighted by molar-refractivity contribution is 0.0951. The van der Waals surface area contributed by atoms with Crippen molar-refractivity contribution in [2.75, 3.05) is 44.4 Å². The van der Waals surface area contributed by atoms with E-state index in [1.54, 1.807) is 24.3 Å². The predicted octanol–water partition coefficient (Wildman–Crippen LogP) is 1.91. The highest BCUT2D eigenvalue weighted by Crippen LogP contribution is 2.21. The molecule has 1 heterocycles. The van der Waals surface area contributed by atoms with Crippen molar-refractivity contribution in [2.45, 2.75) is 12.3 Å². The van der Waals surface area contributed by atoms with Crippen LogP contribution in [0.2, 0.25) is 0 Å². The number of hydrogen-bond donors (Lipinski definition) is 1. The van der Waals surface area contributed by atoms with Crippen LogP contribution in [0.1, 0.15) is 21.5 Å². The van der Waals surface area contributed by atoms with E-state index in [-0.39, 0.29) is 11.7 Å². The zero-order chi connectivity index (χ0) is 20.1. The lowest BCUT2D eigenvalue weighted by Gasteiger charge is -2.35. The standard InChI is InChI=1S/C21H27N3O3S/c1-23-10-12-24(13-11-23)20-9-4-3-7-19(20)15-22-21(25)18-8-5-6-17(14-18)16-28(2,26)27/h3-9,14H,10-13,15-16H2,1-2H3,(H,22,25). The molecule has 0 aromatic heterocycles. The fourth-order valence-electron chi connectivity index (χ4n) is 3.40. The number of carbonyl (C=O) groups is 1. The van der Waals surface area contributed by atoms with Gasteiger partial charge in [-0.2, -0.15) is 0 Å². The van der Waals surface area contributed by atoms with E-state index in [4.69, 9.17) is 0 Å². The number of benzene rings is 2. The number of amides is 1. The van der Waals surface area contributed by atoms with Gasteiger partial charge in [-0.3, -0.25) is 4.79 Å². The molecule has 150 valence electrons. The molecular formula is C21H27N3O3S. The van der Waals surface area contributed by atoms with Crippen molar-refractivity contribution >= 4 is 21.4 Å². The highest BCUT2D eigenvalue weighted by atomic mass is 32.2. The van der Waals surface area contributed by atoms with Gasteiger partial charge in [0.25, 0.3) is 5.91 Å². The first-order chi connectivity index (χ1) is 13.3. The fourth-order valence-corrected chi connectivity index (χ4v) is 4.18. The minimum Gasteiger partial charge on any atom is -0.369 e. The fraction of sp³-hybridized carbons (Fsp3) is 0.381. The number of para-hydroxylation sites is 1. The van der Waals surface area contributed by atoms with Gasteiger partial charge >= 0.3 is 0 Å². The first kappa shape index (κ1) is 20.4. The van der Waals surface area contributed by atoms with Crippen molar-refractivity contribution < 1.29 is 13.2 Å². The number of hydrogen-bond acceptors (Lipinski definition) is 5. The molecule has 0 aliphatic carbocycles. The SMILES string of the molecule is CN1CCN(c2ccccc2CNC(=O)c2cccc(CS(C)(=O)=O)c2)CC1. The van der Waals surface area contributed by atoms with Crippen LogP contribution in [0, 0.1) is 0 Å². The third-order valence-corrected chi connectivity index (χ3v) is 5.75. The summed E-state index contributed by atoms with van der Waals surface area (Å²) < 4.78 is 23.0. The molecule has 1 aliphatic rings. The van der Waals surface area contributed by atoms with Crippen LogP contribution in [-0.4, -0.2) is 58.7 Å². The highest BCUT2D eigenvalue weighted by Gasteiger charge is 2.17. The molecule has 0 atom stereocenters. The third kappa shape index (κ3) is 5.56. The molecule has 1 aliphatic heterocycles. The quantitative estimate of drug-likeness (QED) is 0.801. The van der Waals surface area contributed by atoms with Gasteiger partial charge in [-0.05, 0) is 36.4 Å². The first-order valence-electron chi connectivity index (χ1n) is 9.38. The van der Waals surface area contributed by atoms with Gasteiger partial charge in [0.15, 0.2) is 9.84 Å². The molecule has 1 amide bonds. The number of carbonyl (C=O) groups excluding carboxylic acids is 1. The molecule has 0 unspecified atom stereocenters. The summed E-state index contributed by atoms with van der Waals surface area (Å²) in [4.78, 5) is 17.3. The normalized spacial score (nSPS) is 15.4. The second-order valence-corrected chi connectivity index (χ2v) is 9.51. The monoisotopic (exact) mass is 401 g/mol. The molecule has 2 aromatic rings. The summed E-state index contributed by atoms with van der Waals surface area (Å²) in [6.45, 7) is 4.41. The summed E-state index contributed by atoms with van der Waals surface area (Å²) in [6, 6.07) is 14.9. The second kappa shape index (κ2) is 8.75. The first-order valence-corrected chi connectivity index (χ1v) is 11.4. The maximum absolute atomic E-state index is 12.6. The van der Waals surface area contributed by atoms with Gasteiger partial charge in [0.2, 0.25) is 0 Å². The molecule has 3 rings (SSSR count). The van der Waals surface area contributed by atoms with Gasteiger partial charge in [-0.1, -0.05) is 30.3 Å². The Labute approximate surface area is 167 Å². The van der Waals surface area contributed by atoms with E-state index in [1.165, 1.54) is 6.26 Å². The molecule has 6 nitrogen and oxygen atoms in total. The zero-order valence-electron chi connectivity index (χ0n) is 16.4. The number of likely N-dealkylation sites (N-methyl/N-ethyl adjacent to an activating group) is 1. The highest BCUT2D eigenvalue weighted by molar-refractivity contribution is 7.89. The minimum absolute atomic E-state index is 0.0691. The maximum Gasteiger partial charge on any atom is 0.251 e. The zero-order valence-corrected chi connectivity index (χ0v) is 17.2. The van der Waals surface area contributed by atoms with E-state index in [2.05, 4.69) is 28.2 Å². The smallest absolute Gasteiger partial charge is 0.251 e. The van der Waals surface area contributed by atoms with Crippen molar-refractivity contribution in [1.29, 1.82) is 0 Å². The molecule has 2 aromatic carbocycles. The Morgan fingerprint density at radius 3 is 2.46 bits per heavy atom. The number of piperazine rings is 1. The summed E-state index contributed by atoms with van der Waals surface area (Å²) in [5.74, 6) is -0.274. The Hall–Kier alpha value is -2.38. The van der Waals surface area contributed by atoms with Gasteiger partial charge in [0.1, 0.15) is 0 Å². The van der Waals surface area contributed by atoms with Crippen LogP contribution in [0.25, 0.3) is 0 Å². The molecule has 0 bridgehead atoms. The van der Waals surface area contributed by atoms with Crippen LogP contribution >= 0.6 is 0 Å². The molecule has 0 radical (unpaired) electrons. The summed E-state index contributed by atoms with van der Waals surface area (Å²) in [5.41, 5.74) is 3.32. The third-order valence-electron chi connectivity index (χ3n) is 4.89. The second-order valence-electron chi connectivity index (χ2n) is 7.37. The van der Waals surface area contributed by atoms with E-state index < -0.39 is 9.84 Å². The lowest BCUT2D eigenvalue weighted by Crippen LogP contribution is -2.45. The van der Waals surface area contributed by atoms with Gasteiger partial charge in [-0.25, -0.2) is 8.42 Å². The number of rotatable bonds is 6. The Balaban J connectivity index is 1.68. The van der Waals surface area contributed by atoms with E-state index in [0.717, 1.165) is 37.4 Å². The predicted molar refractivity (Wildman–Crippen MR) is 112 cm³/mol. The van der Waals surface area contributed by atoms with E-state index in [0.29, 0.717) is 17.7 Å². The summed E-state index contributed by atoms with van der Waals surface area (Å²) in [5, 5.41) is 2.97. The van der Waals surface area contributed by atoms with Crippen LogP contribution in [0.15, 0.2) is 48.5 Å². The topological polar surface area (TPSA) is 69.7 Å². The van der Waals surface area contributed by atoms with Crippen LogP contribution < -0.4 is 10.2 Å². The molecule has 7 heteroatoms. The average molecular weight is 402 g/mol. The maximum atomic E-state index is 12.6. The van der Waals surface area contributed by atoms with Crippen LogP contribution in [0.4, 0.5) is 5.69 Å². The summed E-state index contributed by atoms with van der Waals surface area (Å²) >= 11 is 0. The van der Waals surface area contributed by atoms with Gasteiger partial charge in [0.05, 0.1) is 5.75 Å². The molecule has 0 spiro atoms. The summed E-state index contributed by atoms with van der Waals surface area (Å²) in [7, 11) is -1.01. The van der Waals surface area contributed by atoms with Crippen molar-refractivity contribution in [3.8, 4) is 0 Å². The van der Waals surface area contributed by atoms with Crippen molar-refractivity contribution in [3.63, 3.8) is 0 Å². The largest absolute Gasteiger partial charge is 0.369 e. The molecule has 1 fully saturated rings. The Kier molecular flexibility index (Phi) is 6.36. The Morgan fingerprint density at radius 2 is 1.75 bits per heavy atom. The molecule has 1 N–H and O–H groups in total. The van der Waals surface area contributed by atoms with Gasteiger partial charge in [0, 0.05) is 50.2 Å². The van der Waals surface area contributed by atoms with Gasteiger partial charge < -0.3 is 15.1 Å².